The second kappa shape index (κ2) is 4.76. The van der Waals surface area contributed by atoms with E-state index in [2.05, 4.69) is 11.0 Å². The number of rotatable bonds is 1. The monoisotopic (exact) mass is 206 g/mol. The molecule has 0 spiro atoms. The molecule has 1 saturated heterocycles. The molecular weight excluding hydrogens is 188 g/mol. The normalized spacial score (nSPS) is 33.7. The molecule has 0 amide bonds. The summed E-state index contributed by atoms with van der Waals surface area (Å²) in [6, 6.07) is 2.44. The number of Topliss-reactive ketones (excluding diaryl/α,β-unsaturated/α-hetero) is 1. The van der Waals surface area contributed by atoms with Crippen molar-refractivity contribution in [3.8, 4) is 6.07 Å². The molecule has 0 aromatic heterocycles. The third kappa shape index (κ3) is 2.38. The van der Waals surface area contributed by atoms with Crippen LogP contribution >= 0.6 is 0 Å². The molecule has 2 aliphatic rings. The van der Waals surface area contributed by atoms with Crippen LogP contribution in [0.4, 0.5) is 0 Å². The molecular formula is C12H18N2O. The zero-order valence-electron chi connectivity index (χ0n) is 9.11. The molecule has 1 aliphatic heterocycles. The van der Waals surface area contributed by atoms with E-state index >= 15 is 0 Å². The molecule has 0 radical (unpaired) electrons. The highest BCUT2D eigenvalue weighted by molar-refractivity contribution is 5.84. The highest BCUT2D eigenvalue weighted by atomic mass is 16.1. The Morgan fingerprint density at radius 1 is 1.27 bits per heavy atom. The first kappa shape index (κ1) is 10.6. The van der Waals surface area contributed by atoms with Crippen LogP contribution in [0.3, 0.4) is 0 Å². The highest BCUT2D eigenvalue weighted by Gasteiger charge is 2.32. The van der Waals surface area contributed by atoms with Crippen LogP contribution < -0.4 is 0 Å². The van der Waals surface area contributed by atoms with Gasteiger partial charge in [-0.2, -0.15) is 5.26 Å². The fourth-order valence-corrected chi connectivity index (χ4v) is 2.70. The third-order valence-corrected chi connectivity index (χ3v) is 3.62. The van der Waals surface area contributed by atoms with Gasteiger partial charge in [0.25, 0.3) is 0 Å². The summed E-state index contributed by atoms with van der Waals surface area (Å²) in [4.78, 5) is 14.1. The van der Waals surface area contributed by atoms with Crippen molar-refractivity contribution in [2.24, 2.45) is 5.92 Å². The number of ketones is 1. The first-order valence-electron chi connectivity index (χ1n) is 5.97. The van der Waals surface area contributed by atoms with Crippen LogP contribution in [-0.2, 0) is 4.79 Å². The Labute approximate surface area is 91.1 Å². The van der Waals surface area contributed by atoms with Crippen molar-refractivity contribution in [1.29, 1.82) is 5.26 Å². The molecule has 2 atom stereocenters. The zero-order chi connectivity index (χ0) is 10.7. The third-order valence-electron chi connectivity index (χ3n) is 3.62. The summed E-state index contributed by atoms with van der Waals surface area (Å²) in [5, 5.41) is 8.84. The van der Waals surface area contributed by atoms with Gasteiger partial charge in [-0.25, -0.2) is 0 Å². The van der Waals surface area contributed by atoms with E-state index in [0.29, 0.717) is 5.78 Å². The van der Waals surface area contributed by atoms with Crippen LogP contribution in [0.1, 0.15) is 38.5 Å². The molecule has 15 heavy (non-hydrogen) atoms. The quantitative estimate of drug-likeness (QED) is 0.614. The summed E-state index contributed by atoms with van der Waals surface area (Å²) in [7, 11) is 0. The van der Waals surface area contributed by atoms with Crippen molar-refractivity contribution < 1.29 is 4.79 Å². The zero-order valence-corrected chi connectivity index (χ0v) is 9.11. The summed E-state index contributed by atoms with van der Waals surface area (Å²) < 4.78 is 0. The minimum atomic E-state index is 0.130. The van der Waals surface area contributed by atoms with Gasteiger partial charge in [-0.15, -0.1) is 0 Å². The van der Waals surface area contributed by atoms with Gasteiger partial charge in [-0.1, -0.05) is 12.8 Å². The van der Waals surface area contributed by atoms with Crippen LogP contribution in [0.15, 0.2) is 0 Å². The van der Waals surface area contributed by atoms with Crippen LogP contribution in [-0.4, -0.2) is 29.8 Å². The molecule has 2 rings (SSSR count). The number of carbonyl (C=O) groups excluding carboxylic acids is 1. The summed E-state index contributed by atoms with van der Waals surface area (Å²) in [5.41, 5.74) is 0. The molecule has 3 heteroatoms. The number of hydrogen-bond donors (Lipinski definition) is 0. The number of carbonyl (C=O) groups is 1. The number of nitrogens with zero attached hydrogens (tertiary/aromatic N) is 2. The van der Waals surface area contributed by atoms with Crippen molar-refractivity contribution in [3.05, 3.63) is 0 Å². The van der Waals surface area contributed by atoms with Gasteiger partial charge in [0.1, 0.15) is 5.78 Å². The van der Waals surface area contributed by atoms with Crippen molar-refractivity contribution in [3.63, 3.8) is 0 Å². The Kier molecular flexibility index (Phi) is 3.37. The molecule has 3 nitrogen and oxygen atoms in total. The predicted molar refractivity (Wildman–Crippen MR) is 57.2 cm³/mol. The lowest BCUT2D eigenvalue weighted by Crippen LogP contribution is -2.39. The van der Waals surface area contributed by atoms with E-state index in [4.69, 9.17) is 5.26 Å². The van der Waals surface area contributed by atoms with Crippen LogP contribution in [0.25, 0.3) is 0 Å². The maximum atomic E-state index is 11.9. The van der Waals surface area contributed by atoms with E-state index in [0.717, 1.165) is 38.8 Å². The molecule has 82 valence electrons. The SMILES string of the molecule is N#CC1CCN(C2CCCCCC2=O)C1. The maximum absolute atomic E-state index is 11.9. The molecule has 2 fully saturated rings. The van der Waals surface area contributed by atoms with Gasteiger partial charge in [0.15, 0.2) is 0 Å². The first-order chi connectivity index (χ1) is 7.31. The lowest BCUT2D eigenvalue weighted by Gasteiger charge is -2.24. The van der Waals surface area contributed by atoms with Gasteiger partial charge in [0, 0.05) is 19.5 Å². The summed E-state index contributed by atoms with van der Waals surface area (Å²) in [6.07, 6.45) is 6.13. The van der Waals surface area contributed by atoms with Crippen molar-refractivity contribution >= 4 is 5.78 Å². The van der Waals surface area contributed by atoms with Gasteiger partial charge in [-0.05, 0) is 19.3 Å². The molecule has 1 aliphatic carbocycles. The molecule has 0 aromatic rings. The van der Waals surface area contributed by atoms with Crippen molar-refractivity contribution in [2.45, 2.75) is 44.6 Å². The van der Waals surface area contributed by atoms with E-state index in [1.165, 1.54) is 12.8 Å². The first-order valence-corrected chi connectivity index (χ1v) is 5.97. The molecule has 0 N–H and O–H groups in total. The Hall–Kier alpha value is -0.880. The Morgan fingerprint density at radius 3 is 2.87 bits per heavy atom. The smallest absolute Gasteiger partial charge is 0.149 e. The van der Waals surface area contributed by atoms with E-state index in [1.54, 1.807) is 0 Å². The Balaban J connectivity index is 1.97. The van der Waals surface area contributed by atoms with Crippen LogP contribution in [0.5, 0.6) is 0 Å². The lowest BCUT2D eigenvalue weighted by molar-refractivity contribution is -0.123. The topological polar surface area (TPSA) is 44.1 Å². The fourth-order valence-electron chi connectivity index (χ4n) is 2.70. The van der Waals surface area contributed by atoms with Gasteiger partial charge in [0.2, 0.25) is 0 Å². The summed E-state index contributed by atoms with van der Waals surface area (Å²) in [6.45, 7) is 1.75. The lowest BCUT2D eigenvalue weighted by atomic mass is 10.1. The number of nitriles is 1. The second-order valence-corrected chi connectivity index (χ2v) is 4.69. The molecule has 1 heterocycles. The van der Waals surface area contributed by atoms with E-state index in [9.17, 15) is 4.79 Å². The van der Waals surface area contributed by atoms with Gasteiger partial charge < -0.3 is 0 Å². The van der Waals surface area contributed by atoms with Crippen LogP contribution in [0.2, 0.25) is 0 Å². The van der Waals surface area contributed by atoms with Crippen LogP contribution in [0, 0.1) is 17.2 Å². The largest absolute Gasteiger partial charge is 0.298 e. The summed E-state index contributed by atoms with van der Waals surface area (Å²) >= 11 is 0. The molecule has 0 aromatic carbocycles. The van der Waals surface area contributed by atoms with Crippen molar-refractivity contribution in [2.75, 3.05) is 13.1 Å². The summed E-state index contributed by atoms with van der Waals surface area (Å²) in [5.74, 6) is 0.562. The second-order valence-electron chi connectivity index (χ2n) is 4.69. The minimum Gasteiger partial charge on any atom is -0.298 e. The Morgan fingerprint density at radius 2 is 2.13 bits per heavy atom. The standard InChI is InChI=1S/C12H18N2O/c13-8-10-6-7-14(9-10)11-4-2-1-3-5-12(11)15/h10-11H,1-7,9H2. The molecule has 0 bridgehead atoms. The number of likely N-dealkylation sites (tertiary alicyclic amines) is 1. The average molecular weight is 206 g/mol. The predicted octanol–water partition coefficient (Wildman–Crippen LogP) is 1.73. The average Bonchev–Trinajstić information content (AvgIpc) is 2.62. The van der Waals surface area contributed by atoms with E-state index in [1.807, 2.05) is 0 Å². The van der Waals surface area contributed by atoms with Gasteiger partial charge in [0.05, 0.1) is 18.0 Å². The van der Waals surface area contributed by atoms with Gasteiger partial charge >= 0.3 is 0 Å². The number of hydrogen-bond acceptors (Lipinski definition) is 3. The Bertz CT molecular complexity index is 282. The maximum Gasteiger partial charge on any atom is 0.149 e. The highest BCUT2D eigenvalue weighted by Crippen LogP contribution is 2.24. The molecule has 2 unspecified atom stereocenters. The van der Waals surface area contributed by atoms with Crippen molar-refractivity contribution in [1.82, 2.24) is 4.90 Å². The minimum absolute atomic E-state index is 0.130. The van der Waals surface area contributed by atoms with E-state index in [-0.39, 0.29) is 12.0 Å². The fraction of sp³-hybridized carbons (Fsp3) is 0.833. The van der Waals surface area contributed by atoms with Gasteiger partial charge in [-0.3, -0.25) is 9.69 Å². The van der Waals surface area contributed by atoms with E-state index < -0.39 is 0 Å². The molecule has 1 saturated carbocycles.